The minimum absolute atomic E-state index is 0.0241. The van der Waals surface area contributed by atoms with E-state index in [0.717, 1.165) is 9.87 Å². The molecule has 0 N–H and O–H groups in total. The second-order valence-electron chi connectivity index (χ2n) is 7.27. The van der Waals surface area contributed by atoms with E-state index in [9.17, 15) is 18.5 Å². The Hall–Kier alpha value is -3.90. The minimum atomic E-state index is -3.97. The first kappa shape index (κ1) is 22.3. The largest absolute Gasteiger partial charge is 0.462 e. The van der Waals surface area contributed by atoms with Gasteiger partial charge < -0.3 is 9.15 Å². The maximum Gasteiger partial charge on any atom is 0.351 e. The molecule has 8 nitrogen and oxygen atoms in total. The molecule has 0 fully saturated rings. The summed E-state index contributed by atoms with van der Waals surface area (Å²) in [6.07, 6.45) is 0.223. The molecule has 168 valence electrons. The third-order valence-corrected chi connectivity index (χ3v) is 7.11. The first-order chi connectivity index (χ1) is 15.9. The summed E-state index contributed by atoms with van der Waals surface area (Å²) in [6, 6.07) is 17.5. The van der Waals surface area contributed by atoms with Gasteiger partial charge >= 0.3 is 5.97 Å². The number of nitriles is 1. The van der Waals surface area contributed by atoms with E-state index in [2.05, 4.69) is 4.98 Å². The van der Waals surface area contributed by atoms with Gasteiger partial charge in [0, 0.05) is 24.1 Å². The third kappa shape index (κ3) is 4.01. The van der Waals surface area contributed by atoms with Crippen molar-refractivity contribution in [2.24, 2.45) is 0 Å². The highest BCUT2D eigenvalue weighted by molar-refractivity contribution is 7.90. The van der Waals surface area contributed by atoms with Crippen LogP contribution in [0, 0.1) is 18.3 Å². The second-order valence-corrected chi connectivity index (χ2v) is 9.10. The van der Waals surface area contributed by atoms with Gasteiger partial charge in [0.1, 0.15) is 11.8 Å². The number of carbonyl (C=O) groups excluding carboxylic acids is 1. The number of hydrogen-bond acceptors (Lipinski definition) is 7. The van der Waals surface area contributed by atoms with Crippen LogP contribution in [0.15, 0.2) is 69.5 Å². The summed E-state index contributed by atoms with van der Waals surface area (Å²) in [4.78, 5) is 17.0. The van der Waals surface area contributed by atoms with Crippen molar-refractivity contribution in [3.8, 4) is 17.5 Å². The predicted octanol–water partition coefficient (Wildman–Crippen LogP) is 3.69. The van der Waals surface area contributed by atoms with Gasteiger partial charge in [-0.3, -0.25) is 4.31 Å². The molecule has 1 aliphatic heterocycles. The molecule has 0 atom stereocenters. The van der Waals surface area contributed by atoms with Gasteiger partial charge in [0.2, 0.25) is 5.89 Å². The van der Waals surface area contributed by atoms with Crippen LogP contribution >= 0.6 is 0 Å². The van der Waals surface area contributed by atoms with Crippen molar-refractivity contribution in [2.45, 2.75) is 25.2 Å². The van der Waals surface area contributed by atoms with Crippen molar-refractivity contribution in [1.29, 1.82) is 5.26 Å². The number of oxazole rings is 1. The average molecular weight is 464 g/mol. The van der Waals surface area contributed by atoms with Crippen LogP contribution in [0.2, 0.25) is 0 Å². The van der Waals surface area contributed by atoms with Crippen molar-refractivity contribution < 1.29 is 22.4 Å². The highest BCUT2D eigenvalue weighted by Gasteiger charge is 2.41. The topological polar surface area (TPSA) is 113 Å². The fourth-order valence-corrected chi connectivity index (χ4v) is 5.41. The van der Waals surface area contributed by atoms with Crippen LogP contribution in [0.3, 0.4) is 0 Å². The monoisotopic (exact) mass is 463 g/mol. The third-order valence-electron chi connectivity index (χ3n) is 5.25. The molecule has 2 aromatic carbocycles. The standard InChI is InChI=1S/C24H21N3O5S/c1-3-31-24(28)19(15-25)22-18-11-7-8-12-21(18)33(29,30)27(22)14-13-20-16(2)32-23(26-20)17-9-5-4-6-10-17/h4-12H,3,13-14H2,1-2H3/b22-19-. The van der Waals surface area contributed by atoms with Gasteiger partial charge in [-0.1, -0.05) is 36.4 Å². The molecule has 3 aromatic rings. The molecule has 2 heterocycles. The van der Waals surface area contributed by atoms with Gasteiger partial charge in [0.15, 0.2) is 5.57 Å². The molecule has 0 radical (unpaired) electrons. The van der Waals surface area contributed by atoms with Crippen LogP contribution in [0.5, 0.6) is 0 Å². The summed E-state index contributed by atoms with van der Waals surface area (Å²) in [7, 11) is -3.97. The van der Waals surface area contributed by atoms with E-state index in [1.807, 2.05) is 36.4 Å². The summed E-state index contributed by atoms with van der Waals surface area (Å²) < 4.78 is 38.5. The van der Waals surface area contributed by atoms with Gasteiger partial charge in [-0.05, 0) is 32.0 Å². The van der Waals surface area contributed by atoms with E-state index in [1.54, 1.807) is 32.0 Å². The lowest BCUT2D eigenvalue weighted by atomic mass is 10.1. The molecule has 1 aliphatic rings. The number of fused-ring (bicyclic) bond motifs is 1. The van der Waals surface area contributed by atoms with Gasteiger partial charge in [0.25, 0.3) is 10.0 Å². The number of esters is 1. The Bertz CT molecular complexity index is 1380. The SMILES string of the molecule is CCOC(=O)/C(C#N)=C1/c2ccccc2S(=O)(=O)N1CCc1nc(-c2ccccc2)oc1C. The molecule has 33 heavy (non-hydrogen) atoms. The second kappa shape index (κ2) is 8.92. The first-order valence-electron chi connectivity index (χ1n) is 10.3. The Morgan fingerprint density at radius 3 is 2.55 bits per heavy atom. The number of carbonyl (C=O) groups is 1. The minimum Gasteiger partial charge on any atom is -0.462 e. The van der Waals surface area contributed by atoms with E-state index in [0.29, 0.717) is 22.9 Å². The summed E-state index contributed by atoms with van der Waals surface area (Å²) in [6.45, 7) is 3.41. The van der Waals surface area contributed by atoms with E-state index in [1.165, 1.54) is 6.07 Å². The van der Waals surface area contributed by atoms with Crippen molar-refractivity contribution >= 4 is 21.7 Å². The highest BCUT2D eigenvalue weighted by atomic mass is 32.2. The van der Waals surface area contributed by atoms with Crippen LogP contribution < -0.4 is 0 Å². The molecule has 9 heteroatoms. The van der Waals surface area contributed by atoms with Gasteiger partial charge in [-0.15, -0.1) is 0 Å². The number of nitrogens with zero attached hydrogens (tertiary/aromatic N) is 3. The molecular formula is C24H21N3O5S. The highest BCUT2D eigenvalue weighted by Crippen LogP contribution is 2.40. The lowest BCUT2D eigenvalue weighted by molar-refractivity contribution is -0.137. The van der Waals surface area contributed by atoms with Crippen molar-refractivity contribution in [1.82, 2.24) is 9.29 Å². The van der Waals surface area contributed by atoms with Crippen molar-refractivity contribution in [2.75, 3.05) is 13.2 Å². The Morgan fingerprint density at radius 2 is 1.85 bits per heavy atom. The molecule has 0 saturated carbocycles. The van der Waals surface area contributed by atoms with Gasteiger partial charge in [-0.2, -0.15) is 5.26 Å². The van der Waals surface area contributed by atoms with Crippen molar-refractivity contribution in [3.63, 3.8) is 0 Å². The molecule has 0 unspecified atom stereocenters. The quantitative estimate of drug-likeness (QED) is 0.311. The number of benzene rings is 2. The Labute approximate surface area is 191 Å². The lowest BCUT2D eigenvalue weighted by Gasteiger charge is -2.19. The van der Waals surface area contributed by atoms with Crippen molar-refractivity contribution in [3.05, 3.63) is 77.2 Å². The van der Waals surface area contributed by atoms with E-state index in [4.69, 9.17) is 9.15 Å². The summed E-state index contributed by atoms with van der Waals surface area (Å²) in [5.74, 6) is 0.144. The number of sulfonamides is 1. The zero-order valence-corrected chi connectivity index (χ0v) is 18.9. The molecule has 0 amide bonds. The van der Waals surface area contributed by atoms with E-state index < -0.39 is 16.0 Å². The Kier molecular flexibility index (Phi) is 6.03. The zero-order valence-electron chi connectivity index (χ0n) is 18.1. The fraction of sp³-hybridized carbons (Fsp3) is 0.208. The maximum atomic E-state index is 13.3. The fourth-order valence-electron chi connectivity index (χ4n) is 3.72. The summed E-state index contributed by atoms with van der Waals surface area (Å²) in [5, 5.41) is 9.70. The van der Waals surface area contributed by atoms with Crippen LogP contribution in [-0.2, 0) is 26.0 Å². The molecule has 1 aromatic heterocycles. The Balaban J connectivity index is 1.73. The van der Waals surface area contributed by atoms with Gasteiger partial charge in [0.05, 0.1) is 22.9 Å². The normalized spacial score (nSPS) is 15.6. The first-order valence-corrected chi connectivity index (χ1v) is 11.8. The van der Waals surface area contributed by atoms with Crippen LogP contribution in [-0.4, -0.2) is 36.8 Å². The summed E-state index contributed by atoms with van der Waals surface area (Å²) in [5.41, 5.74) is 1.36. The average Bonchev–Trinajstić information content (AvgIpc) is 3.29. The van der Waals surface area contributed by atoms with Gasteiger partial charge in [-0.25, -0.2) is 18.2 Å². The number of hydrogen-bond donors (Lipinski definition) is 0. The zero-order chi connectivity index (χ0) is 23.6. The molecular weight excluding hydrogens is 442 g/mol. The summed E-state index contributed by atoms with van der Waals surface area (Å²) >= 11 is 0. The van der Waals surface area contributed by atoms with Crippen LogP contribution in [0.25, 0.3) is 17.2 Å². The predicted molar refractivity (Wildman–Crippen MR) is 120 cm³/mol. The van der Waals surface area contributed by atoms with E-state index >= 15 is 0 Å². The lowest BCUT2D eigenvalue weighted by Crippen LogP contribution is -2.28. The molecule has 4 rings (SSSR count). The molecule has 0 spiro atoms. The van der Waals surface area contributed by atoms with Crippen LogP contribution in [0.1, 0.15) is 23.9 Å². The number of aryl methyl sites for hydroxylation is 1. The molecule has 0 bridgehead atoms. The number of ether oxygens (including phenoxy) is 1. The smallest absolute Gasteiger partial charge is 0.351 e. The molecule has 0 saturated heterocycles. The Morgan fingerprint density at radius 1 is 1.15 bits per heavy atom. The number of aromatic nitrogens is 1. The van der Waals surface area contributed by atoms with E-state index in [-0.39, 0.29) is 35.7 Å². The van der Waals surface area contributed by atoms with Crippen LogP contribution in [0.4, 0.5) is 0 Å². The molecule has 0 aliphatic carbocycles. The maximum absolute atomic E-state index is 13.3. The number of rotatable bonds is 6.